The van der Waals surface area contributed by atoms with Gasteiger partial charge in [-0.3, -0.25) is 0 Å². The summed E-state index contributed by atoms with van der Waals surface area (Å²) in [5.41, 5.74) is 0.853. The summed E-state index contributed by atoms with van der Waals surface area (Å²) in [7, 11) is -3.97. The van der Waals surface area contributed by atoms with Crippen molar-refractivity contribution in [3.8, 4) is 0 Å². The highest BCUT2D eigenvalue weighted by Gasteiger charge is 2.31. The summed E-state index contributed by atoms with van der Waals surface area (Å²) in [6.07, 6.45) is -4.47. The minimum atomic E-state index is -4.42. The number of hydrogen-bond acceptors (Lipinski definition) is 3. The topological polar surface area (TPSA) is 66.4 Å². The minimum Gasteiger partial charge on any atom is -0.396 e. The zero-order valence-electron chi connectivity index (χ0n) is 11.5. The maximum Gasteiger partial charge on any atom is 0.390 e. The zero-order chi connectivity index (χ0) is 16.1. The molecular weight excluding hydrogens is 307 g/mol. The first-order chi connectivity index (χ1) is 9.64. The van der Waals surface area contributed by atoms with E-state index in [4.69, 9.17) is 5.11 Å². The second-order valence-corrected chi connectivity index (χ2v) is 6.53. The summed E-state index contributed by atoms with van der Waals surface area (Å²) in [6, 6.07) is 4.62. The van der Waals surface area contributed by atoms with Crippen molar-refractivity contribution in [3.05, 3.63) is 29.8 Å². The molecule has 0 saturated carbocycles. The van der Waals surface area contributed by atoms with Gasteiger partial charge < -0.3 is 5.11 Å². The number of aryl methyl sites for hydroxylation is 1. The Labute approximate surface area is 122 Å². The van der Waals surface area contributed by atoms with Crippen molar-refractivity contribution in [3.63, 3.8) is 0 Å². The van der Waals surface area contributed by atoms with Crippen molar-refractivity contribution >= 4 is 10.0 Å². The molecule has 0 aliphatic heterocycles. The lowest BCUT2D eigenvalue weighted by molar-refractivity contribution is -0.137. The van der Waals surface area contributed by atoms with Gasteiger partial charge >= 0.3 is 6.18 Å². The number of hydrogen-bond donors (Lipinski definition) is 2. The van der Waals surface area contributed by atoms with E-state index in [1.165, 1.54) is 19.1 Å². The number of halogens is 3. The third kappa shape index (κ3) is 6.45. The van der Waals surface area contributed by atoms with Gasteiger partial charge in [-0.05, 0) is 37.5 Å². The summed E-state index contributed by atoms with van der Waals surface area (Å²) in [4.78, 5) is -0.0794. The molecule has 0 spiro atoms. The maximum atomic E-state index is 12.2. The molecule has 1 rings (SSSR count). The first kappa shape index (κ1) is 17.9. The van der Waals surface area contributed by atoms with E-state index < -0.39 is 28.7 Å². The number of rotatable bonds is 7. The molecule has 1 unspecified atom stereocenters. The second-order valence-electron chi connectivity index (χ2n) is 4.81. The van der Waals surface area contributed by atoms with Crippen LogP contribution in [0.25, 0.3) is 0 Å². The van der Waals surface area contributed by atoms with Gasteiger partial charge in [-0.2, -0.15) is 13.2 Å². The Morgan fingerprint density at radius 2 is 1.81 bits per heavy atom. The molecule has 0 aromatic heterocycles. The van der Waals surface area contributed by atoms with Crippen LogP contribution in [0.3, 0.4) is 0 Å². The van der Waals surface area contributed by atoms with Gasteiger partial charge in [-0.25, -0.2) is 13.1 Å². The average molecular weight is 325 g/mol. The summed E-state index contributed by atoms with van der Waals surface area (Å²) in [6.45, 7) is 1.21. The van der Waals surface area contributed by atoms with E-state index >= 15 is 0 Å². The van der Waals surface area contributed by atoms with E-state index in [9.17, 15) is 21.6 Å². The molecule has 0 heterocycles. The van der Waals surface area contributed by atoms with Gasteiger partial charge in [0.1, 0.15) is 0 Å². The van der Waals surface area contributed by atoms with E-state index in [1.807, 2.05) is 4.72 Å². The van der Waals surface area contributed by atoms with Crippen molar-refractivity contribution in [1.82, 2.24) is 4.72 Å². The van der Waals surface area contributed by atoms with Crippen LogP contribution in [0, 0.1) is 0 Å². The molecule has 0 fully saturated rings. The van der Waals surface area contributed by atoms with Crippen LogP contribution in [0.15, 0.2) is 29.2 Å². The molecule has 0 aliphatic carbocycles. The predicted molar refractivity (Wildman–Crippen MR) is 72.3 cm³/mol. The van der Waals surface area contributed by atoms with Gasteiger partial charge in [0.2, 0.25) is 10.0 Å². The third-order valence-corrected chi connectivity index (χ3v) is 4.36. The van der Waals surface area contributed by atoms with Crippen LogP contribution in [0.5, 0.6) is 0 Å². The number of aliphatic hydroxyl groups is 1. The lowest BCUT2D eigenvalue weighted by Gasteiger charge is -2.16. The molecule has 2 N–H and O–H groups in total. The highest BCUT2D eigenvalue weighted by atomic mass is 32.2. The fourth-order valence-corrected chi connectivity index (χ4v) is 3.08. The van der Waals surface area contributed by atoms with Crippen LogP contribution >= 0.6 is 0 Å². The Morgan fingerprint density at radius 3 is 2.29 bits per heavy atom. The molecule has 0 bridgehead atoms. The standard InChI is InChI=1S/C13H18F3NO3S/c1-10(9-13(14,15)16)17-21(19,20)12-6-4-11(5-7-12)3-2-8-18/h4-7,10,17-18H,2-3,8-9H2,1H3. The first-order valence-electron chi connectivity index (χ1n) is 6.43. The van der Waals surface area contributed by atoms with Gasteiger partial charge in [-0.1, -0.05) is 12.1 Å². The second kappa shape index (κ2) is 7.24. The normalized spacial score (nSPS) is 14.1. The Balaban J connectivity index is 2.74. The van der Waals surface area contributed by atoms with E-state index in [-0.39, 0.29) is 11.5 Å². The minimum absolute atomic E-state index is 0.0383. The lowest BCUT2D eigenvalue weighted by Crippen LogP contribution is -2.35. The van der Waals surface area contributed by atoms with Crippen molar-refractivity contribution in [2.45, 2.75) is 43.3 Å². The SMILES string of the molecule is CC(CC(F)(F)F)NS(=O)(=O)c1ccc(CCCO)cc1. The average Bonchev–Trinajstić information content (AvgIpc) is 2.33. The van der Waals surface area contributed by atoms with E-state index in [1.54, 1.807) is 12.1 Å². The van der Waals surface area contributed by atoms with Gasteiger partial charge in [0, 0.05) is 12.6 Å². The number of nitrogens with one attached hydrogen (secondary N) is 1. The van der Waals surface area contributed by atoms with Crippen molar-refractivity contribution in [2.24, 2.45) is 0 Å². The molecular formula is C13H18F3NO3S. The molecule has 120 valence electrons. The largest absolute Gasteiger partial charge is 0.396 e. The van der Waals surface area contributed by atoms with Crippen molar-refractivity contribution in [2.75, 3.05) is 6.61 Å². The number of aliphatic hydroxyl groups excluding tert-OH is 1. The Hall–Kier alpha value is -1.12. The monoisotopic (exact) mass is 325 g/mol. The Kier molecular flexibility index (Phi) is 6.18. The molecule has 21 heavy (non-hydrogen) atoms. The van der Waals surface area contributed by atoms with E-state index in [2.05, 4.69) is 0 Å². The van der Waals surface area contributed by atoms with E-state index in [0.29, 0.717) is 12.8 Å². The smallest absolute Gasteiger partial charge is 0.390 e. The van der Waals surface area contributed by atoms with Crippen LogP contribution in [-0.4, -0.2) is 32.3 Å². The van der Waals surface area contributed by atoms with Crippen LogP contribution in [-0.2, 0) is 16.4 Å². The maximum absolute atomic E-state index is 12.2. The molecule has 1 atom stereocenters. The number of sulfonamides is 1. The van der Waals surface area contributed by atoms with Gasteiger partial charge in [0.25, 0.3) is 0 Å². The third-order valence-electron chi connectivity index (χ3n) is 2.75. The fraction of sp³-hybridized carbons (Fsp3) is 0.538. The quantitative estimate of drug-likeness (QED) is 0.808. The highest BCUT2D eigenvalue weighted by molar-refractivity contribution is 7.89. The van der Waals surface area contributed by atoms with Crippen LogP contribution in [0.4, 0.5) is 13.2 Å². The Morgan fingerprint density at radius 1 is 1.24 bits per heavy atom. The van der Waals surface area contributed by atoms with Gasteiger partial charge in [0.05, 0.1) is 11.3 Å². The molecule has 0 radical (unpaired) electrons. The molecule has 0 amide bonds. The molecule has 0 saturated heterocycles. The van der Waals surface area contributed by atoms with Crippen LogP contribution < -0.4 is 4.72 Å². The summed E-state index contributed by atoms with van der Waals surface area (Å²) >= 11 is 0. The zero-order valence-corrected chi connectivity index (χ0v) is 12.3. The Bertz CT molecular complexity index is 541. The van der Waals surface area contributed by atoms with Gasteiger partial charge in [-0.15, -0.1) is 0 Å². The summed E-state index contributed by atoms with van der Waals surface area (Å²) in [5.74, 6) is 0. The summed E-state index contributed by atoms with van der Waals surface area (Å²) in [5, 5.41) is 8.71. The first-order valence-corrected chi connectivity index (χ1v) is 7.91. The number of alkyl halides is 3. The molecule has 4 nitrogen and oxygen atoms in total. The fourth-order valence-electron chi connectivity index (χ4n) is 1.84. The van der Waals surface area contributed by atoms with Crippen LogP contribution in [0.1, 0.15) is 25.3 Å². The molecule has 1 aromatic rings. The van der Waals surface area contributed by atoms with Crippen LogP contribution in [0.2, 0.25) is 0 Å². The predicted octanol–water partition coefficient (Wildman–Crippen LogP) is 2.23. The van der Waals surface area contributed by atoms with E-state index in [0.717, 1.165) is 5.56 Å². The van der Waals surface area contributed by atoms with Crippen molar-refractivity contribution in [1.29, 1.82) is 0 Å². The molecule has 0 aliphatic rings. The highest BCUT2D eigenvalue weighted by Crippen LogP contribution is 2.22. The summed E-state index contributed by atoms with van der Waals surface area (Å²) < 4.78 is 62.5. The number of benzene rings is 1. The molecule has 1 aromatic carbocycles. The van der Waals surface area contributed by atoms with Gasteiger partial charge in [0.15, 0.2) is 0 Å². The lowest BCUT2D eigenvalue weighted by atomic mass is 10.1. The molecule has 8 heteroatoms. The van der Waals surface area contributed by atoms with Crippen molar-refractivity contribution < 1.29 is 26.7 Å².